The Morgan fingerprint density at radius 3 is 1.52 bits per heavy atom. The van der Waals surface area contributed by atoms with Gasteiger partial charge in [-0.15, -0.1) is 22.7 Å². The van der Waals surface area contributed by atoms with Crippen molar-refractivity contribution in [3.05, 3.63) is 34.0 Å². The minimum Gasteiger partial charge on any atom is -0.381 e. The summed E-state index contributed by atoms with van der Waals surface area (Å²) in [4.78, 5) is 2.59. The minimum atomic E-state index is -3.93. The maximum atomic E-state index is 10.8. The fourth-order valence-electron chi connectivity index (χ4n) is 4.21. The zero-order chi connectivity index (χ0) is 24.0. The van der Waals surface area contributed by atoms with Crippen molar-refractivity contribution in [3.63, 3.8) is 0 Å². The van der Waals surface area contributed by atoms with Gasteiger partial charge >= 0.3 is 0 Å². The zero-order valence-electron chi connectivity index (χ0n) is 18.3. The fraction of sp³-hybridized carbons (Fsp3) is 0.619. The van der Waals surface area contributed by atoms with Crippen LogP contribution in [0.4, 0.5) is 0 Å². The number of fused-ring (bicyclic) bond motifs is 3. The van der Waals surface area contributed by atoms with E-state index >= 15 is 0 Å². The number of rotatable bonds is 16. The molecule has 2 heterocycles. The van der Waals surface area contributed by atoms with Crippen molar-refractivity contribution in [1.82, 2.24) is 0 Å². The van der Waals surface area contributed by atoms with Crippen molar-refractivity contribution in [2.24, 2.45) is 0 Å². The summed E-state index contributed by atoms with van der Waals surface area (Å²) in [5, 5.41) is 4.21. The van der Waals surface area contributed by atoms with Crippen LogP contribution in [0.15, 0.2) is 22.9 Å². The Bertz CT molecular complexity index is 1010. The monoisotopic (exact) mass is 538 g/mol. The first-order valence-electron chi connectivity index (χ1n) is 10.8. The third kappa shape index (κ3) is 7.56. The Kier molecular flexibility index (Phi) is 9.49. The van der Waals surface area contributed by atoms with Crippen LogP contribution in [-0.2, 0) is 35.1 Å². The van der Waals surface area contributed by atoms with Gasteiger partial charge in [-0.2, -0.15) is 16.8 Å². The lowest BCUT2D eigenvalue weighted by molar-refractivity contribution is 0.0927. The molecule has 33 heavy (non-hydrogen) atoms. The van der Waals surface area contributed by atoms with Gasteiger partial charge < -0.3 is 9.47 Å². The fourth-order valence-corrected chi connectivity index (χ4v) is 7.53. The molecule has 0 aliphatic heterocycles. The van der Waals surface area contributed by atoms with Crippen LogP contribution in [-0.4, -0.2) is 63.9 Å². The van der Waals surface area contributed by atoms with Crippen molar-refractivity contribution >= 4 is 42.9 Å². The molecular weight excluding hydrogens is 508 g/mol. The van der Waals surface area contributed by atoms with Gasteiger partial charge in [-0.3, -0.25) is 9.11 Å². The number of hydrogen-bond acceptors (Lipinski definition) is 8. The molecule has 1 aliphatic rings. The van der Waals surface area contributed by atoms with Crippen LogP contribution in [0.3, 0.4) is 0 Å². The molecule has 1 aliphatic carbocycles. The number of unbranched alkanes of at least 4 members (excludes halogenated alkanes) is 2. The standard InChI is InChI=1S/C21H30O8S4/c22-32(23,24)15-3-1-9-28-11-7-21(8-12-29-10-2-4-16-33(25,26)27)17-5-13-30-19(17)20-18(21)6-14-31-20/h5-6,13-14H,1-4,7-12,15-16H2,(H,22,23,24)(H,25,26,27). The molecular formula is C21H30O8S4. The topological polar surface area (TPSA) is 127 Å². The summed E-state index contributed by atoms with van der Waals surface area (Å²) in [7, 11) is -7.86. The molecule has 0 saturated carbocycles. The molecule has 0 spiro atoms. The van der Waals surface area contributed by atoms with E-state index in [0.717, 1.165) is 12.8 Å². The molecule has 12 heteroatoms. The quantitative estimate of drug-likeness (QED) is 0.240. The summed E-state index contributed by atoms with van der Waals surface area (Å²) >= 11 is 3.47. The summed E-state index contributed by atoms with van der Waals surface area (Å²) < 4.78 is 72.5. The molecule has 0 radical (unpaired) electrons. The Morgan fingerprint density at radius 2 is 1.12 bits per heavy atom. The molecule has 8 nitrogen and oxygen atoms in total. The Morgan fingerprint density at radius 1 is 0.697 bits per heavy atom. The van der Waals surface area contributed by atoms with Crippen LogP contribution >= 0.6 is 22.7 Å². The van der Waals surface area contributed by atoms with Gasteiger partial charge in [-0.1, -0.05) is 0 Å². The van der Waals surface area contributed by atoms with Crippen LogP contribution in [0, 0.1) is 0 Å². The Balaban J connectivity index is 1.54. The van der Waals surface area contributed by atoms with E-state index in [1.54, 1.807) is 22.7 Å². The van der Waals surface area contributed by atoms with E-state index < -0.39 is 20.2 Å². The van der Waals surface area contributed by atoms with Crippen molar-refractivity contribution in [1.29, 1.82) is 0 Å². The van der Waals surface area contributed by atoms with Crippen LogP contribution < -0.4 is 0 Å². The van der Waals surface area contributed by atoms with Gasteiger partial charge in [0.2, 0.25) is 0 Å². The van der Waals surface area contributed by atoms with Crippen LogP contribution in [0.2, 0.25) is 0 Å². The van der Waals surface area contributed by atoms with E-state index in [9.17, 15) is 16.8 Å². The van der Waals surface area contributed by atoms with Crippen LogP contribution in [0.25, 0.3) is 9.75 Å². The molecule has 0 atom stereocenters. The lowest BCUT2D eigenvalue weighted by Crippen LogP contribution is -2.28. The largest absolute Gasteiger partial charge is 0.381 e. The average molecular weight is 539 g/mol. The van der Waals surface area contributed by atoms with Gasteiger partial charge in [0.15, 0.2) is 0 Å². The normalized spacial score (nSPS) is 15.0. The van der Waals surface area contributed by atoms with Gasteiger partial charge in [0, 0.05) is 41.6 Å². The highest BCUT2D eigenvalue weighted by Gasteiger charge is 2.44. The number of hydrogen-bond donors (Lipinski definition) is 2. The molecule has 0 fully saturated rings. The molecule has 2 aromatic heterocycles. The molecule has 186 valence electrons. The minimum absolute atomic E-state index is 0.215. The molecule has 0 bridgehead atoms. The summed E-state index contributed by atoms with van der Waals surface area (Å²) in [5.74, 6) is -0.503. The third-order valence-electron chi connectivity index (χ3n) is 5.80. The highest BCUT2D eigenvalue weighted by Crippen LogP contribution is 2.56. The number of ether oxygens (including phenoxy) is 2. The second-order valence-electron chi connectivity index (χ2n) is 8.12. The highest BCUT2D eigenvalue weighted by atomic mass is 32.2. The molecule has 0 amide bonds. The predicted octanol–water partition coefficient (Wildman–Crippen LogP) is 4.23. The second-order valence-corrected chi connectivity index (χ2v) is 13.1. The van der Waals surface area contributed by atoms with Crippen molar-refractivity contribution < 1.29 is 35.4 Å². The van der Waals surface area contributed by atoms with Gasteiger partial charge in [0.25, 0.3) is 20.2 Å². The van der Waals surface area contributed by atoms with E-state index in [1.807, 2.05) is 0 Å². The van der Waals surface area contributed by atoms with Crippen LogP contribution in [0.1, 0.15) is 49.7 Å². The third-order valence-corrected chi connectivity index (χ3v) is 9.40. The first kappa shape index (κ1) is 26.7. The van der Waals surface area contributed by atoms with Gasteiger partial charge in [-0.25, -0.2) is 0 Å². The maximum Gasteiger partial charge on any atom is 0.264 e. The van der Waals surface area contributed by atoms with Crippen molar-refractivity contribution in [2.45, 2.75) is 43.9 Å². The van der Waals surface area contributed by atoms with Gasteiger partial charge in [-0.05, 0) is 72.5 Å². The van der Waals surface area contributed by atoms with E-state index in [2.05, 4.69) is 22.9 Å². The highest BCUT2D eigenvalue weighted by molar-refractivity contribution is 7.86. The summed E-state index contributed by atoms with van der Waals surface area (Å²) in [6.45, 7) is 1.90. The van der Waals surface area contributed by atoms with E-state index in [4.69, 9.17) is 18.6 Å². The van der Waals surface area contributed by atoms with E-state index in [-0.39, 0.29) is 16.9 Å². The number of thiophene rings is 2. The van der Waals surface area contributed by atoms with Gasteiger partial charge in [0.05, 0.1) is 11.5 Å². The second kappa shape index (κ2) is 11.7. The van der Waals surface area contributed by atoms with Crippen LogP contribution in [0.5, 0.6) is 0 Å². The molecule has 0 saturated heterocycles. The lowest BCUT2D eigenvalue weighted by atomic mass is 9.74. The summed E-state index contributed by atoms with van der Waals surface area (Å²) in [6.07, 6.45) is 3.38. The first-order chi connectivity index (χ1) is 15.6. The summed E-state index contributed by atoms with van der Waals surface area (Å²) in [6, 6.07) is 4.34. The lowest BCUT2D eigenvalue weighted by Gasteiger charge is -2.31. The predicted molar refractivity (Wildman–Crippen MR) is 131 cm³/mol. The smallest absolute Gasteiger partial charge is 0.264 e. The average Bonchev–Trinajstić information content (AvgIpc) is 3.41. The summed E-state index contributed by atoms with van der Waals surface area (Å²) in [5.41, 5.74) is 2.37. The molecule has 0 aromatic carbocycles. The zero-order valence-corrected chi connectivity index (χ0v) is 21.5. The Hall–Kier alpha value is -0.860. The Labute approximate surface area is 203 Å². The SMILES string of the molecule is O=S(=O)(O)CCCCOCCC1(CCOCCCCS(=O)(=O)O)c2ccsc2-c2sccc21. The molecule has 2 N–H and O–H groups in total. The van der Waals surface area contributed by atoms with Crippen molar-refractivity contribution in [3.8, 4) is 9.75 Å². The van der Waals surface area contributed by atoms with Crippen molar-refractivity contribution in [2.75, 3.05) is 37.9 Å². The first-order valence-corrected chi connectivity index (χ1v) is 15.8. The molecule has 0 unspecified atom stereocenters. The maximum absolute atomic E-state index is 10.8. The van der Waals surface area contributed by atoms with E-state index in [0.29, 0.717) is 52.1 Å². The molecule has 3 rings (SSSR count). The van der Waals surface area contributed by atoms with E-state index in [1.165, 1.54) is 20.9 Å². The van der Waals surface area contributed by atoms with Gasteiger partial charge in [0.1, 0.15) is 0 Å². The molecule has 2 aromatic rings.